The molecule has 0 bridgehead atoms. The monoisotopic (exact) mass is 373 g/mol. The number of hydrogen-bond acceptors (Lipinski definition) is 6. The summed E-state index contributed by atoms with van der Waals surface area (Å²) in [6.45, 7) is 1.46. The van der Waals surface area contributed by atoms with Crippen molar-refractivity contribution in [3.8, 4) is 0 Å². The van der Waals surface area contributed by atoms with Gasteiger partial charge in [-0.3, -0.25) is 4.79 Å². The molecule has 0 aliphatic heterocycles. The highest BCUT2D eigenvalue weighted by molar-refractivity contribution is 5.95. The van der Waals surface area contributed by atoms with Crippen LogP contribution in [0.4, 0.5) is 36.3 Å². The van der Waals surface area contributed by atoms with Crippen molar-refractivity contribution in [3.63, 3.8) is 0 Å². The lowest BCUT2D eigenvalue weighted by Crippen LogP contribution is -2.06. The number of hydrogen-bond donors (Lipinski definition) is 2. The highest BCUT2D eigenvalue weighted by atomic mass is 19.4. The van der Waals surface area contributed by atoms with Crippen LogP contribution in [0.15, 0.2) is 54.7 Å². The number of carbonyl (C=O) groups is 1. The molecule has 0 saturated carbocycles. The number of benzene rings is 2. The van der Waals surface area contributed by atoms with E-state index in [1.54, 1.807) is 24.3 Å². The zero-order valence-electron chi connectivity index (χ0n) is 14.1. The number of ketones is 1. The Kier molecular flexibility index (Phi) is 5.02. The van der Waals surface area contributed by atoms with Crippen LogP contribution >= 0.6 is 0 Å². The molecule has 138 valence electrons. The highest BCUT2D eigenvalue weighted by Gasteiger charge is 2.30. The van der Waals surface area contributed by atoms with E-state index in [0.29, 0.717) is 17.1 Å². The first kappa shape index (κ1) is 18.3. The summed E-state index contributed by atoms with van der Waals surface area (Å²) in [5.74, 6) is 0.272. The van der Waals surface area contributed by atoms with Gasteiger partial charge in [0.25, 0.3) is 0 Å². The van der Waals surface area contributed by atoms with Gasteiger partial charge in [0, 0.05) is 16.9 Å². The molecule has 0 saturated heterocycles. The smallest absolute Gasteiger partial charge is 0.339 e. The minimum atomic E-state index is -4.44. The number of nitrogens with one attached hydrogen (secondary N) is 2. The Morgan fingerprint density at radius 2 is 1.70 bits per heavy atom. The minimum absolute atomic E-state index is 0.0297. The van der Waals surface area contributed by atoms with Crippen molar-refractivity contribution in [1.29, 1.82) is 0 Å². The molecule has 0 aliphatic rings. The van der Waals surface area contributed by atoms with E-state index in [-0.39, 0.29) is 17.4 Å². The van der Waals surface area contributed by atoms with Crippen LogP contribution in [0.3, 0.4) is 0 Å². The standard InChI is InChI=1S/C18H14F3N5O/c1-11(27)12-4-2-6-14(8-12)23-16-10-22-26-17(25-16)24-15-7-3-5-13(9-15)18(19,20)21/h2-10H,1H3,(H2,23,24,25,26). The number of Topliss-reactive ketones (excluding diaryl/α,β-unsaturated/α-hetero) is 1. The van der Waals surface area contributed by atoms with Crippen molar-refractivity contribution in [2.24, 2.45) is 0 Å². The topological polar surface area (TPSA) is 79.8 Å². The molecule has 0 spiro atoms. The van der Waals surface area contributed by atoms with Gasteiger partial charge in [-0.25, -0.2) is 0 Å². The van der Waals surface area contributed by atoms with Crippen LogP contribution in [0.2, 0.25) is 0 Å². The van der Waals surface area contributed by atoms with Gasteiger partial charge in [0.1, 0.15) is 0 Å². The molecular formula is C18H14F3N5O. The Bertz CT molecular complexity index is 975. The fourth-order valence-electron chi connectivity index (χ4n) is 2.28. The van der Waals surface area contributed by atoms with E-state index in [1.165, 1.54) is 25.3 Å². The number of alkyl halides is 3. The Balaban J connectivity index is 1.78. The minimum Gasteiger partial charge on any atom is -0.339 e. The van der Waals surface area contributed by atoms with Gasteiger partial charge < -0.3 is 10.6 Å². The van der Waals surface area contributed by atoms with Crippen LogP contribution in [0, 0.1) is 0 Å². The summed E-state index contributed by atoms with van der Waals surface area (Å²) in [4.78, 5) is 15.6. The first-order valence-corrected chi connectivity index (χ1v) is 7.83. The van der Waals surface area contributed by atoms with Gasteiger partial charge in [0.2, 0.25) is 5.95 Å². The lowest BCUT2D eigenvalue weighted by atomic mass is 10.1. The summed E-state index contributed by atoms with van der Waals surface area (Å²) in [6, 6.07) is 11.5. The molecule has 0 radical (unpaired) electrons. The average Bonchev–Trinajstić information content (AvgIpc) is 2.62. The Morgan fingerprint density at radius 3 is 2.41 bits per heavy atom. The van der Waals surface area contributed by atoms with Crippen molar-refractivity contribution < 1.29 is 18.0 Å². The highest BCUT2D eigenvalue weighted by Crippen LogP contribution is 2.31. The van der Waals surface area contributed by atoms with Gasteiger partial charge in [-0.2, -0.15) is 23.3 Å². The van der Waals surface area contributed by atoms with Gasteiger partial charge in [-0.05, 0) is 37.3 Å². The van der Waals surface area contributed by atoms with Gasteiger partial charge in [0.05, 0.1) is 11.8 Å². The fraction of sp³-hybridized carbons (Fsp3) is 0.111. The molecule has 2 N–H and O–H groups in total. The molecule has 2 aromatic carbocycles. The van der Waals surface area contributed by atoms with Crippen LogP contribution in [-0.2, 0) is 6.18 Å². The normalized spacial score (nSPS) is 11.1. The lowest BCUT2D eigenvalue weighted by molar-refractivity contribution is -0.137. The van der Waals surface area contributed by atoms with E-state index in [1.807, 2.05) is 0 Å². The summed E-state index contributed by atoms with van der Waals surface area (Å²) < 4.78 is 38.4. The zero-order chi connectivity index (χ0) is 19.4. The van der Waals surface area contributed by atoms with Crippen molar-refractivity contribution >= 4 is 28.9 Å². The Morgan fingerprint density at radius 1 is 1.00 bits per heavy atom. The van der Waals surface area contributed by atoms with Crippen LogP contribution in [0.5, 0.6) is 0 Å². The van der Waals surface area contributed by atoms with Gasteiger partial charge in [-0.15, -0.1) is 5.10 Å². The predicted molar refractivity (Wildman–Crippen MR) is 94.3 cm³/mol. The molecule has 27 heavy (non-hydrogen) atoms. The Hall–Kier alpha value is -3.49. The Labute approximate surface area is 152 Å². The average molecular weight is 373 g/mol. The summed E-state index contributed by atoms with van der Waals surface area (Å²) in [6.07, 6.45) is -3.08. The van der Waals surface area contributed by atoms with Gasteiger partial charge in [-0.1, -0.05) is 18.2 Å². The van der Waals surface area contributed by atoms with Gasteiger partial charge in [0.15, 0.2) is 11.6 Å². The van der Waals surface area contributed by atoms with Crippen molar-refractivity contribution in [1.82, 2.24) is 15.2 Å². The largest absolute Gasteiger partial charge is 0.416 e. The SMILES string of the molecule is CC(=O)c1cccc(Nc2cnnc(Nc3cccc(C(F)(F)F)c3)n2)c1. The quantitative estimate of drug-likeness (QED) is 0.637. The van der Waals surface area contributed by atoms with Crippen molar-refractivity contribution in [3.05, 3.63) is 65.9 Å². The molecule has 0 amide bonds. The molecule has 3 aromatic rings. The summed E-state index contributed by atoms with van der Waals surface area (Å²) in [5.41, 5.74) is 0.552. The number of anilines is 4. The molecule has 1 aromatic heterocycles. The summed E-state index contributed by atoms with van der Waals surface area (Å²) in [5, 5.41) is 13.2. The molecule has 3 rings (SSSR count). The number of rotatable bonds is 5. The molecule has 9 heteroatoms. The van der Waals surface area contributed by atoms with Gasteiger partial charge >= 0.3 is 6.18 Å². The second-order valence-electron chi connectivity index (χ2n) is 5.63. The van der Waals surface area contributed by atoms with Crippen LogP contribution in [0.1, 0.15) is 22.8 Å². The third-order valence-corrected chi connectivity index (χ3v) is 3.55. The fourth-order valence-corrected chi connectivity index (χ4v) is 2.28. The second kappa shape index (κ2) is 7.40. The number of aromatic nitrogens is 3. The second-order valence-corrected chi connectivity index (χ2v) is 5.63. The number of nitrogens with zero attached hydrogens (tertiary/aromatic N) is 3. The van der Waals surface area contributed by atoms with E-state index in [9.17, 15) is 18.0 Å². The molecular weight excluding hydrogens is 359 g/mol. The van der Waals surface area contributed by atoms with E-state index in [0.717, 1.165) is 12.1 Å². The van der Waals surface area contributed by atoms with E-state index >= 15 is 0 Å². The molecule has 1 heterocycles. The van der Waals surface area contributed by atoms with Crippen LogP contribution in [-0.4, -0.2) is 21.0 Å². The summed E-state index contributed by atoms with van der Waals surface area (Å²) in [7, 11) is 0. The maximum absolute atomic E-state index is 12.8. The van der Waals surface area contributed by atoms with Crippen LogP contribution < -0.4 is 10.6 Å². The number of halogens is 3. The molecule has 0 atom stereocenters. The van der Waals surface area contributed by atoms with Crippen LogP contribution in [0.25, 0.3) is 0 Å². The first-order chi connectivity index (χ1) is 12.8. The maximum atomic E-state index is 12.8. The third-order valence-electron chi connectivity index (χ3n) is 3.55. The maximum Gasteiger partial charge on any atom is 0.416 e. The van der Waals surface area contributed by atoms with E-state index in [4.69, 9.17) is 0 Å². The number of carbonyl (C=O) groups excluding carboxylic acids is 1. The van der Waals surface area contributed by atoms with E-state index in [2.05, 4.69) is 25.8 Å². The summed E-state index contributed by atoms with van der Waals surface area (Å²) >= 11 is 0. The molecule has 0 aliphatic carbocycles. The van der Waals surface area contributed by atoms with E-state index < -0.39 is 11.7 Å². The zero-order valence-corrected chi connectivity index (χ0v) is 14.1. The van der Waals surface area contributed by atoms with Crippen molar-refractivity contribution in [2.75, 3.05) is 10.6 Å². The van der Waals surface area contributed by atoms with Crippen molar-refractivity contribution in [2.45, 2.75) is 13.1 Å². The molecule has 0 unspecified atom stereocenters. The molecule has 0 fully saturated rings. The molecule has 6 nitrogen and oxygen atoms in total. The predicted octanol–water partition coefficient (Wildman–Crippen LogP) is 4.58. The lowest BCUT2D eigenvalue weighted by Gasteiger charge is -2.10. The first-order valence-electron chi connectivity index (χ1n) is 7.83. The third kappa shape index (κ3) is 4.78.